The van der Waals surface area contributed by atoms with Gasteiger partial charge in [0.05, 0.1) is 16.5 Å². The molecule has 1 aromatic heterocycles. The summed E-state index contributed by atoms with van der Waals surface area (Å²) in [6.45, 7) is 4.16. The minimum Gasteiger partial charge on any atom is -0.309 e. The zero-order valence-corrected chi connectivity index (χ0v) is 22.6. The molecule has 39 heavy (non-hydrogen) atoms. The first-order valence-electron chi connectivity index (χ1n) is 11.5. The van der Waals surface area contributed by atoms with E-state index in [0.29, 0.717) is 0 Å². The molecular formula is C26H24ClF2N5O4S. The predicted octanol–water partition coefficient (Wildman–Crippen LogP) is 4.49. The van der Waals surface area contributed by atoms with Crippen molar-refractivity contribution in [2.24, 2.45) is 4.99 Å². The standard InChI is InChI=1S/C26H24ClF2N5O4S/c1-25(2)24(32-23(35)15-7-5-4-6-8-15)33-26(3,14-39(25,37)38)18-12-17(9-10-19(18)28)34(36)22(30)21-20(29)11-16(27)13-31-21/h4-13,30,36H,14H2,1-3H3,(H,32,33,35). The van der Waals surface area contributed by atoms with Gasteiger partial charge in [-0.2, -0.15) is 0 Å². The molecule has 0 saturated heterocycles. The lowest BCUT2D eigenvalue weighted by atomic mass is 9.92. The Morgan fingerprint density at radius 2 is 1.77 bits per heavy atom. The second kappa shape index (κ2) is 10.1. The van der Waals surface area contributed by atoms with Gasteiger partial charge >= 0.3 is 0 Å². The molecule has 13 heteroatoms. The number of amidine groups is 2. The summed E-state index contributed by atoms with van der Waals surface area (Å²) in [7, 11) is -4.02. The van der Waals surface area contributed by atoms with E-state index in [-0.39, 0.29) is 32.7 Å². The van der Waals surface area contributed by atoms with E-state index in [1.807, 2.05) is 0 Å². The fourth-order valence-corrected chi connectivity index (χ4v) is 5.93. The summed E-state index contributed by atoms with van der Waals surface area (Å²) in [5, 5.41) is 21.7. The van der Waals surface area contributed by atoms with Crippen molar-refractivity contribution < 1.29 is 27.2 Å². The molecule has 0 radical (unpaired) electrons. The van der Waals surface area contributed by atoms with Crippen LogP contribution in [-0.2, 0) is 15.4 Å². The molecular weight excluding hydrogens is 552 g/mol. The average molecular weight is 576 g/mol. The molecule has 3 N–H and O–H groups in total. The third kappa shape index (κ3) is 5.27. The Morgan fingerprint density at radius 1 is 1.10 bits per heavy atom. The number of aromatic nitrogens is 1. The number of nitrogens with one attached hydrogen (secondary N) is 2. The Morgan fingerprint density at radius 3 is 2.41 bits per heavy atom. The number of hydrogen-bond donors (Lipinski definition) is 3. The van der Waals surface area contributed by atoms with Crippen molar-refractivity contribution in [2.75, 3.05) is 10.8 Å². The normalized spacial score (nSPS) is 19.6. The number of benzene rings is 2. The number of halogens is 3. The van der Waals surface area contributed by atoms with Crippen molar-refractivity contribution in [3.05, 3.63) is 94.3 Å². The highest BCUT2D eigenvalue weighted by atomic mass is 35.5. The Balaban J connectivity index is 1.77. The van der Waals surface area contributed by atoms with Crippen LogP contribution < -0.4 is 10.4 Å². The number of aliphatic imine (C=N–C) groups is 1. The molecule has 0 saturated carbocycles. The molecule has 3 aromatic rings. The molecule has 4 rings (SSSR count). The molecule has 0 bridgehead atoms. The highest BCUT2D eigenvalue weighted by Crippen LogP contribution is 2.39. The quantitative estimate of drug-likeness (QED) is 0.238. The number of nitrogens with zero attached hydrogens (tertiary/aromatic N) is 3. The van der Waals surface area contributed by atoms with Gasteiger partial charge in [0.25, 0.3) is 5.91 Å². The Hall–Kier alpha value is -3.74. The lowest BCUT2D eigenvalue weighted by Gasteiger charge is -2.39. The molecule has 1 atom stereocenters. The number of hydroxylamine groups is 1. The van der Waals surface area contributed by atoms with Crippen LogP contribution in [0.3, 0.4) is 0 Å². The third-order valence-electron chi connectivity index (χ3n) is 6.46. The van der Waals surface area contributed by atoms with E-state index in [1.165, 1.54) is 20.8 Å². The molecule has 2 aromatic carbocycles. The number of hydrogen-bond acceptors (Lipinski definition) is 7. The maximum absolute atomic E-state index is 15.2. The minimum atomic E-state index is -4.02. The van der Waals surface area contributed by atoms with Gasteiger partial charge in [-0.3, -0.25) is 20.4 Å². The first-order chi connectivity index (χ1) is 18.2. The maximum Gasteiger partial charge on any atom is 0.256 e. The predicted molar refractivity (Wildman–Crippen MR) is 143 cm³/mol. The van der Waals surface area contributed by atoms with E-state index in [0.717, 1.165) is 30.5 Å². The highest BCUT2D eigenvalue weighted by Gasteiger charge is 2.51. The van der Waals surface area contributed by atoms with Crippen molar-refractivity contribution in [3.8, 4) is 0 Å². The summed E-state index contributed by atoms with van der Waals surface area (Å²) in [6.07, 6.45) is 1.09. The number of pyridine rings is 1. The Kier molecular flexibility index (Phi) is 7.32. The summed E-state index contributed by atoms with van der Waals surface area (Å²) < 4.78 is 54.7. The zero-order valence-electron chi connectivity index (χ0n) is 21.0. The van der Waals surface area contributed by atoms with Crippen LogP contribution in [0.2, 0.25) is 5.02 Å². The SMILES string of the molecule is CC1(c2cc(N(O)C(=N)c3ncc(Cl)cc3F)ccc2F)CS(=O)(=O)C(C)(C)C(NC(=O)c2ccccc2)=N1. The molecule has 204 valence electrons. The molecule has 1 aliphatic heterocycles. The fraction of sp³-hybridized carbons (Fsp3) is 0.231. The van der Waals surface area contributed by atoms with Crippen molar-refractivity contribution >= 4 is 44.7 Å². The third-order valence-corrected chi connectivity index (χ3v) is 9.36. The number of amides is 1. The summed E-state index contributed by atoms with van der Waals surface area (Å²) in [6, 6.07) is 12.2. The average Bonchev–Trinajstić information content (AvgIpc) is 2.87. The van der Waals surface area contributed by atoms with Gasteiger partial charge < -0.3 is 5.32 Å². The van der Waals surface area contributed by atoms with Crippen LogP contribution in [-0.4, -0.2) is 46.7 Å². The minimum absolute atomic E-state index is 0.0139. The van der Waals surface area contributed by atoms with Crippen molar-refractivity contribution in [3.63, 3.8) is 0 Å². The van der Waals surface area contributed by atoms with Gasteiger partial charge in [-0.25, -0.2) is 27.2 Å². The van der Waals surface area contributed by atoms with Gasteiger partial charge in [0, 0.05) is 17.3 Å². The molecule has 1 amide bonds. The molecule has 0 aliphatic carbocycles. The topological polar surface area (TPSA) is 136 Å². The van der Waals surface area contributed by atoms with E-state index >= 15 is 4.39 Å². The van der Waals surface area contributed by atoms with Crippen LogP contribution in [0, 0.1) is 17.0 Å². The molecule has 0 fully saturated rings. The van der Waals surface area contributed by atoms with Gasteiger partial charge in [-0.15, -0.1) is 0 Å². The van der Waals surface area contributed by atoms with Crippen molar-refractivity contribution in [2.45, 2.75) is 31.1 Å². The number of sulfone groups is 1. The lowest BCUT2D eigenvalue weighted by molar-refractivity contribution is 0.0975. The van der Waals surface area contributed by atoms with Gasteiger partial charge in [0.2, 0.25) is 0 Å². The van der Waals surface area contributed by atoms with Crippen LogP contribution in [0.15, 0.2) is 65.8 Å². The first-order valence-corrected chi connectivity index (χ1v) is 13.6. The number of carbonyl (C=O) groups excluding carboxylic acids is 1. The largest absolute Gasteiger partial charge is 0.309 e. The first kappa shape index (κ1) is 28.3. The van der Waals surface area contributed by atoms with Gasteiger partial charge in [-0.1, -0.05) is 29.8 Å². The van der Waals surface area contributed by atoms with E-state index in [1.54, 1.807) is 30.3 Å². The van der Waals surface area contributed by atoms with E-state index < -0.39 is 54.9 Å². The molecule has 0 spiro atoms. The Labute approximate surface area is 228 Å². The Bertz CT molecular complexity index is 1620. The van der Waals surface area contributed by atoms with Crippen molar-refractivity contribution in [1.29, 1.82) is 5.41 Å². The second-order valence-corrected chi connectivity index (χ2v) is 12.6. The summed E-state index contributed by atoms with van der Waals surface area (Å²) in [4.78, 5) is 21.1. The summed E-state index contributed by atoms with van der Waals surface area (Å²) in [5.41, 5.74) is -2.40. The smallest absolute Gasteiger partial charge is 0.256 e. The summed E-state index contributed by atoms with van der Waals surface area (Å²) >= 11 is 5.70. The maximum atomic E-state index is 15.2. The number of anilines is 1. The lowest BCUT2D eigenvalue weighted by Crippen LogP contribution is -2.57. The molecule has 2 heterocycles. The summed E-state index contributed by atoms with van der Waals surface area (Å²) in [5.74, 6) is -3.98. The van der Waals surface area contributed by atoms with E-state index in [2.05, 4.69) is 15.3 Å². The van der Waals surface area contributed by atoms with E-state index in [4.69, 9.17) is 17.0 Å². The van der Waals surface area contributed by atoms with Crippen LogP contribution in [0.25, 0.3) is 0 Å². The monoisotopic (exact) mass is 575 g/mol. The van der Waals surface area contributed by atoms with Gasteiger partial charge in [-0.05, 0) is 57.2 Å². The number of rotatable bonds is 4. The van der Waals surface area contributed by atoms with Crippen LogP contribution in [0.5, 0.6) is 0 Å². The molecule has 1 aliphatic rings. The van der Waals surface area contributed by atoms with Crippen LogP contribution in [0.4, 0.5) is 14.5 Å². The van der Waals surface area contributed by atoms with Gasteiger partial charge in [0.15, 0.2) is 21.5 Å². The van der Waals surface area contributed by atoms with Crippen LogP contribution in [0.1, 0.15) is 42.4 Å². The number of carbonyl (C=O) groups is 1. The zero-order chi connectivity index (χ0) is 28.8. The molecule has 9 nitrogen and oxygen atoms in total. The van der Waals surface area contributed by atoms with Crippen molar-refractivity contribution in [1.82, 2.24) is 10.3 Å². The van der Waals surface area contributed by atoms with Crippen LogP contribution >= 0.6 is 11.6 Å². The second-order valence-electron chi connectivity index (χ2n) is 9.63. The van der Waals surface area contributed by atoms with E-state index in [9.17, 15) is 22.8 Å². The highest BCUT2D eigenvalue weighted by molar-refractivity contribution is 7.93. The fourth-order valence-electron chi connectivity index (χ4n) is 4.07. The van der Waals surface area contributed by atoms with Gasteiger partial charge in [0.1, 0.15) is 27.6 Å². The molecule has 1 unspecified atom stereocenters.